The van der Waals surface area contributed by atoms with Crippen molar-refractivity contribution in [1.29, 1.82) is 5.26 Å². The minimum Gasteiger partial charge on any atom is -0.453 e. The fourth-order valence-electron chi connectivity index (χ4n) is 4.02. The van der Waals surface area contributed by atoms with E-state index in [2.05, 4.69) is 4.98 Å². The van der Waals surface area contributed by atoms with Crippen LogP contribution in [0.5, 0.6) is 0 Å². The van der Waals surface area contributed by atoms with Gasteiger partial charge in [-0.3, -0.25) is 4.79 Å². The number of hydrogen-bond acceptors (Lipinski definition) is 6. The van der Waals surface area contributed by atoms with Crippen molar-refractivity contribution in [3.8, 4) is 6.07 Å². The lowest BCUT2D eigenvalue weighted by Crippen LogP contribution is -2.54. The molecule has 3 saturated heterocycles. The van der Waals surface area contributed by atoms with Crippen molar-refractivity contribution in [2.75, 3.05) is 18.6 Å². The third-order valence-corrected chi connectivity index (χ3v) is 5.10. The zero-order chi connectivity index (χ0) is 17.9. The van der Waals surface area contributed by atoms with Gasteiger partial charge in [0.05, 0.1) is 31.1 Å². The maximum atomic E-state index is 12.9. The molecular formula is C16H15N5O4. The summed E-state index contributed by atoms with van der Waals surface area (Å²) >= 11 is 0. The maximum Gasteiger partial charge on any atom is 0.409 e. The number of carbonyl (C=O) groups excluding carboxylic acids is 3. The van der Waals surface area contributed by atoms with Crippen LogP contribution < -0.4 is 4.90 Å². The molecule has 0 N–H and O–H groups in total. The van der Waals surface area contributed by atoms with E-state index in [-0.39, 0.29) is 23.7 Å². The summed E-state index contributed by atoms with van der Waals surface area (Å²) in [4.78, 5) is 45.8. The molecule has 0 radical (unpaired) electrons. The van der Waals surface area contributed by atoms with Gasteiger partial charge in [-0.25, -0.2) is 19.5 Å². The second-order valence-electron chi connectivity index (χ2n) is 6.36. The van der Waals surface area contributed by atoms with Gasteiger partial charge >= 0.3 is 12.1 Å². The summed E-state index contributed by atoms with van der Waals surface area (Å²) in [6, 6.07) is 1.90. The first-order valence-corrected chi connectivity index (χ1v) is 7.85. The standard InChI is InChI=1S/C16H15N5O4/c1-8-3-9(6-18-11(8)5-17)21-14(22)13-12-4-10(20(13)15(21)23)7-19(12)16(24)25-2/h3,6,10,12-13H,4,7H2,1-2H3. The molecule has 4 amide bonds. The number of nitriles is 1. The van der Waals surface area contributed by atoms with E-state index in [0.29, 0.717) is 24.2 Å². The number of urea groups is 1. The predicted octanol–water partition coefficient (Wildman–Crippen LogP) is 0.622. The number of rotatable bonds is 1. The van der Waals surface area contributed by atoms with Gasteiger partial charge in [-0.15, -0.1) is 0 Å². The number of anilines is 1. The first kappa shape index (κ1) is 15.4. The number of hydrogen-bond donors (Lipinski definition) is 0. The van der Waals surface area contributed by atoms with E-state index in [1.807, 2.05) is 6.07 Å². The number of nitrogens with zero attached hydrogens (tertiary/aromatic N) is 5. The van der Waals surface area contributed by atoms with Crippen molar-refractivity contribution in [3.05, 3.63) is 23.5 Å². The smallest absolute Gasteiger partial charge is 0.409 e. The number of piperazine rings is 1. The highest BCUT2D eigenvalue weighted by Gasteiger charge is 2.63. The van der Waals surface area contributed by atoms with E-state index in [1.165, 1.54) is 18.2 Å². The topological polar surface area (TPSA) is 107 Å². The van der Waals surface area contributed by atoms with Crippen LogP contribution in [0.2, 0.25) is 0 Å². The Hall–Kier alpha value is -3.15. The Morgan fingerprint density at radius 3 is 2.84 bits per heavy atom. The van der Waals surface area contributed by atoms with Crippen LogP contribution in [-0.4, -0.2) is 64.6 Å². The normalized spacial score (nSPS) is 26.9. The van der Waals surface area contributed by atoms with Crippen LogP contribution in [-0.2, 0) is 9.53 Å². The van der Waals surface area contributed by atoms with Crippen LogP contribution in [0.4, 0.5) is 15.3 Å². The maximum absolute atomic E-state index is 12.9. The highest BCUT2D eigenvalue weighted by molar-refractivity contribution is 6.22. The van der Waals surface area contributed by atoms with Crippen LogP contribution in [0.25, 0.3) is 0 Å². The molecule has 0 aliphatic carbocycles. The summed E-state index contributed by atoms with van der Waals surface area (Å²) in [5, 5.41) is 8.97. The first-order valence-electron chi connectivity index (χ1n) is 7.85. The Balaban J connectivity index is 1.68. The molecule has 3 fully saturated rings. The number of ether oxygens (including phenoxy) is 1. The van der Waals surface area contributed by atoms with Crippen LogP contribution in [0.1, 0.15) is 17.7 Å². The van der Waals surface area contributed by atoms with Gasteiger partial charge in [0.15, 0.2) is 0 Å². The van der Waals surface area contributed by atoms with E-state index in [1.54, 1.807) is 17.9 Å². The zero-order valence-corrected chi connectivity index (χ0v) is 13.7. The molecule has 2 bridgehead atoms. The molecule has 0 spiro atoms. The number of amides is 4. The largest absolute Gasteiger partial charge is 0.453 e. The number of imide groups is 1. The van der Waals surface area contributed by atoms with Gasteiger partial charge in [0.1, 0.15) is 17.8 Å². The molecule has 9 nitrogen and oxygen atoms in total. The van der Waals surface area contributed by atoms with E-state index in [9.17, 15) is 14.4 Å². The molecule has 0 aromatic carbocycles. The highest BCUT2D eigenvalue weighted by Crippen LogP contribution is 2.42. The zero-order valence-electron chi connectivity index (χ0n) is 13.7. The van der Waals surface area contributed by atoms with Crippen molar-refractivity contribution in [2.45, 2.75) is 31.5 Å². The van der Waals surface area contributed by atoms with Crippen LogP contribution in [0.15, 0.2) is 12.3 Å². The fourth-order valence-corrected chi connectivity index (χ4v) is 4.02. The molecule has 4 heterocycles. The lowest BCUT2D eigenvalue weighted by Gasteiger charge is -2.33. The van der Waals surface area contributed by atoms with Gasteiger partial charge in [0.25, 0.3) is 5.91 Å². The van der Waals surface area contributed by atoms with Crippen molar-refractivity contribution in [2.24, 2.45) is 0 Å². The SMILES string of the molecule is COC(=O)N1CC2CC1C1C(=O)N(c3cnc(C#N)c(C)c3)C(=O)N21. The molecule has 1 aromatic heterocycles. The Labute approximate surface area is 143 Å². The summed E-state index contributed by atoms with van der Waals surface area (Å²) in [5.41, 5.74) is 1.18. The number of carbonyl (C=O) groups is 3. The van der Waals surface area contributed by atoms with Gasteiger partial charge in [-0.1, -0.05) is 0 Å². The van der Waals surface area contributed by atoms with E-state index < -0.39 is 18.2 Å². The molecule has 4 rings (SSSR count). The number of likely N-dealkylation sites (tertiary alicyclic amines) is 1. The van der Waals surface area contributed by atoms with Crippen LogP contribution in [0, 0.1) is 18.3 Å². The third kappa shape index (κ3) is 1.94. The number of aromatic nitrogens is 1. The molecule has 3 aliphatic rings. The predicted molar refractivity (Wildman–Crippen MR) is 83.5 cm³/mol. The Kier molecular flexibility index (Phi) is 3.18. The molecule has 3 aliphatic heterocycles. The molecule has 3 unspecified atom stereocenters. The number of methoxy groups -OCH3 is 1. The second kappa shape index (κ2) is 5.17. The van der Waals surface area contributed by atoms with Gasteiger partial charge in [0.2, 0.25) is 0 Å². The summed E-state index contributed by atoms with van der Waals surface area (Å²) in [5.74, 6) is -0.378. The van der Waals surface area contributed by atoms with Crippen molar-refractivity contribution in [1.82, 2.24) is 14.8 Å². The monoisotopic (exact) mass is 341 g/mol. The Bertz CT molecular complexity index is 847. The molecule has 128 valence electrons. The summed E-state index contributed by atoms with van der Waals surface area (Å²) in [6.07, 6.45) is 1.45. The van der Waals surface area contributed by atoms with Gasteiger partial charge in [-0.05, 0) is 25.0 Å². The van der Waals surface area contributed by atoms with Gasteiger partial charge < -0.3 is 14.5 Å². The quantitative estimate of drug-likeness (QED) is 0.693. The van der Waals surface area contributed by atoms with Crippen molar-refractivity contribution < 1.29 is 19.1 Å². The minimum absolute atomic E-state index is 0.192. The van der Waals surface area contributed by atoms with Crippen molar-refractivity contribution in [3.63, 3.8) is 0 Å². The van der Waals surface area contributed by atoms with E-state index in [0.717, 1.165) is 4.90 Å². The minimum atomic E-state index is -0.693. The number of aryl methyl sites for hydroxylation is 1. The Morgan fingerprint density at radius 1 is 1.44 bits per heavy atom. The third-order valence-electron chi connectivity index (χ3n) is 5.10. The molecule has 1 aromatic rings. The molecule has 3 atom stereocenters. The second-order valence-corrected chi connectivity index (χ2v) is 6.36. The van der Waals surface area contributed by atoms with Gasteiger partial charge in [-0.2, -0.15) is 5.26 Å². The lowest BCUT2D eigenvalue weighted by atomic mass is 10.1. The molecule has 25 heavy (non-hydrogen) atoms. The van der Waals surface area contributed by atoms with E-state index in [4.69, 9.17) is 10.00 Å². The Morgan fingerprint density at radius 2 is 2.20 bits per heavy atom. The van der Waals surface area contributed by atoms with Gasteiger partial charge in [0, 0.05) is 6.54 Å². The summed E-state index contributed by atoms with van der Waals surface area (Å²) in [7, 11) is 1.30. The number of fused-ring (bicyclic) bond motifs is 5. The van der Waals surface area contributed by atoms with Crippen LogP contribution >= 0.6 is 0 Å². The number of pyridine rings is 1. The molecule has 9 heteroatoms. The fraction of sp³-hybridized carbons (Fsp3) is 0.438. The molecule has 0 saturated carbocycles. The first-order chi connectivity index (χ1) is 12.0. The van der Waals surface area contributed by atoms with E-state index >= 15 is 0 Å². The highest BCUT2D eigenvalue weighted by atomic mass is 16.5. The lowest BCUT2D eigenvalue weighted by molar-refractivity contribution is -0.121. The average Bonchev–Trinajstić information content (AvgIpc) is 3.26. The van der Waals surface area contributed by atoms with Crippen LogP contribution in [0.3, 0.4) is 0 Å². The molecular weight excluding hydrogens is 326 g/mol. The average molecular weight is 341 g/mol. The van der Waals surface area contributed by atoms with Crippen molar-refractivity contribution >= 4 is 23.7 Å². The summed E-state index contributed by atoms with van der Waals surface area (Å²) in [6.45, 7) is 2.06. The summed E-state index contributed by atoms with van der Waals surface area (Å²) < 4.78 is 4.77.